The van der Waals surface area contributed by atoms with Crippen LogP contribution in [0.3, 0.4) is 0 Å². The van der Waals surface area contributed by atoms with Crippen molar-refractivity contribution in [2.75, 3.05) is 23.7 Å². The van der Waals surface area contributed by atoms with Gasteiger partial charge in [0.05, 0.1) is 11.9 Å². The lowest BCUT2D eigenvalue weighted by Gasteiger charge is -2.32. The molecule has 2 amide bonds. The Labute approximate surface area is 249 Å². The van der Waals surface area contributed by atoms with E-state index in [1.165, 1.54) is 16.4 Å². The minimum atomic E-state index is -3.60. The van der Waals surface area contributed by atoms with Gasteiger partial charge in [-0.3, -0.25) is 13.9 Å². The van der Waals surface area contributed by atoms with E-state index >= 15 is 0 Å². The molecule has 0 unspecified atom stereocenters. The first-order valence-corrected chi connectivity index (χ1v) is 16.3. The third-order valence-electron chi connectivity index (χ3n) is 7.36. The Morgan fingerprint density at radius 2 is 1.60 bits per heavy atom. The van der Waals surface area contributed by atoms with Crippen molar-refractivity contribution >= 4 is 27.5 Å². The average molecular weight is 596 g/mol. The summed E-state index contributed by atoms with van der Waals surface area (Å²) in [6.45, 7) is 6.57. The largest absolute Gasteiger partial charge is 0.354 e. The Kier molecular flexibility index (Phi) is 12.1. The highest BCUT2D eigenvalue weighted by atomic mass is 32.2. The van der Waals surface area contributed by atoms with Gasteiger partial charge in [0.1, 0.15) is 11.9 Å². The zero-order valence-electron chi connectivity index (χ0n) is 25.0. The molecule has 3 aromatic carbocycles. The number of nitrogens with zero attached hydrogens (tertiary/aromatic N) is 2. The number of halogens is 1. The lowest BCUT2D eigenvalue weighted by Crippen LogP contribution is -2.50. The van der Waals surface area contributed by atoms with Gasteiger partial charge in [-0.25, -0.2) is 12.8 Å². The molecule has 0 aliphatic heterocycles. The highest BCUT2D eigenvalue weighted by Gasteiger charge is 2.30. The maximum atomic E-state index is 13.9. The van der Waals surface area contributed by atoms with Gasteiger partial charge < -0.3 is 10.2 Å². The molecular formula is C33H42FN3O4S. The van der Waals surface area contributed by atoms with Crippen LogP contribution in [0.2, 0.25) is 0 Å². The lowest BCUT2D eigenvalue weighted by molar-refractivity contribution is -0.141. The molecule has 0 aromatic heterocycles. The van der Waals surface area contributed by atoms with Crippen molar-refractivity contribution in [3.05, 3.63) is 101 Å². The first kappa shape index (κ1) is 32.8. The number of amides is 2. The monoisotopic (exact) mass is 595 g/mol. The normalized spacial score (nSPS) is 12.0. The fourth-order valence-corrected chi connectivity index (χ4v) is 5.85. The maximum absolute atomic E-state index is 13.9. The van der Waals surface area contributed by atoms with Gasteiger partial charge in [0.15, 0.2) is 0 Å². The highest BCUT2D eigenvalue weighted by molar-refractivity contribution is 7.92. The second-order valence-electron chi connectivity index (χ2n) is 10.7. The zero-order valence-corrected chi connectivity index (χ0v) is 25.8. The fraction of sp³-hybridized carbons (Fsp3) is 0.394. The number of nitrogens with one attached hydrogen (secondary N) is 1. The maximum Gasteiger partial charge on any atom is 0.243 e. The van der Waals surface area contributed by atoms with Gasteiger partial charge in [0.25, 0.3) is 0 Å². The van der Waals surface area contributed by atoms with Gasteiger partial charge in [-0.05, 0) is 67.1 Å². The van der Waals surface area contributed by atoms with Crippen molar-refractivity contribution in [1.29, 1.82) is 0 Å². The second-order valence-corrected chi connectivity index (χ2v) is 12.6. The topological polar surface area (TPSA) is 86.8 Å². The molecule has 0 radical (unpaired) electrons. The van der Waals surface area contributed by atoms with Crippen LogP contribution < -0.4 is 9.62 Å². The molecule has 0 bridgehead atoms. The quantitative estimate of drug-likeness (QED) is 0.234. The molecule has 0 heterocycles. The molecule has 9 heteroatoms. The van der Waals surface area contributed by atoms with Crippen LogP contribution in [0.15, 0.2) is 72.8 Å². The molecule has 226 valence electrons. The van der Waals surface area contributed by atoms with E-state index in [0.717, 1.165) is 35.8 Å². The predicted molar refractivity (Wildman–Crippen MR) is 166 cm³/mol. The van der Waals surface area contributed by atoms with Crippen LogP contribution in [-0.4, -0.2) is 50.5 Å². The van der Waals surface area contributed by atoms with E-state index in [1.54, 1.807) is 23.1 Å². The third-order valence-corrected chi connectivity index (χ3v) is 8.54. The molecular weight excluding hydrogens is 553 g/mol. The van der Waals surface area contributed by atoms with Crippen LogP contribution in [-0.2, 0) is 32.6 Å². The molecule has 0 aliphatic rings. The molecule has 3 rings (SSSR count). The van der Waals surface area contributed by atoms with Crippen molar-refractivity contribution in [3.8, 4) is 0 Å². The molecule has 3 aromatic rings. The smallest absolute Gasteiger partial charge is 0.243 e. The Hall–Kier alpha value is -3.72. The minimum Gasteiger partial charge on any atom is -0.354 e. The van der Waals surface area contributed by atoms with Gasteiger partial charge in [-0.15, -0.1) is 0 Å². The number of rotatable bonds is 15. The number of carbonyl (C=O) groups excluding carboxylic acids is 2. The molecule has 0 saturated carbocycles. The molecule has 7 nitrogen and oxygen atoms in total. The number of carbonyl (C=O) groups is 2. The Morgan fingerprint density at radius 1 is 0.905 bits per heavy atom. The Morgan fingerprint density at radius 3 is 2.24 bits per heavy atom. The van der Waals surface area contributed by atoms with E-state index in [1.807, 2.05) is 63.2 Å². The molecule has 0 spiro atoms. The van der Waals surface area contributed by atoms with E-state index in [4.69, 9.17) is 0 Å². The number of hydrogen-bond acceptors (Lipinski definition) is 4. The molecule has 1 atom stereocenters. The van der Waals surface area contributed by atoms with E-state index in [9.17, 15) is 22.4 Å². The molecule has 42 heavy (non-hydrogen) atoms. The number of anilines is 1. The molecule has 0 fully saturated rings. The van der Waals surface area contributed by atoms with Gasteiger partial charge in [-0.2, -0.15) is 0 Å². The third kappa shape index (κ3) is 9.41. The number of sulfonamides is 1. The summed E-state index contributed by atoms with van der Waals surface area (Å²) < 4.78 is 40.5. The molecule has 0 aliphatic carbocycles. The van der Waals surface area contributed by atoms with Crippen LogP contribution in [0, 0.1) is 19.7 Å². The van der Waals surface area contributed by atoms with E-state index in [2.05, 4.69) is 5.32 Å². The van der Waals surface area contributed by atoms with E-state index in [-0.39, 0.29) is 43.6 Å². The van der Waals surface area contributed by atoms with E-state index in [0.29, 0.717) is 24.2 Å². The number of hydrogen-bond donors (Lipinski definition) is 1. The van der Waals surface area contributed by atoms with Crippen LogP contribution in [0.5, 0.6) is 0 Å². The van der Waals surface area contributed by atoms with Crippen LogP contribution in [0.4, 0.5) is 10.1 Å². The highest BCUT2D eigenvalue weighted by Crippen LogP contribution is 2.26. The lowest BCUT2D eigenvalue weighted by atomic mass is 10.0. The number of aryl methyl sites for hydroxylation is 1. The van der Waals surface area contributed by atoms with Gasteiger partial charge in [0.2, 0.25) is 21.8 Å². The van der Waals surface area contributed by atoms with Gasteiger partial charge in [0, 0.05) is 32.5 Å². The number of benzene rings is 3. The van der Waals surface area contributed by atoms with E-state index < -0.39 is 16.1 Å². The van der Waals surface area contributed by atoms with Crippen molar-refractivity contribution in [2.45, 2.75) is 65.5 Å². The summed E-state index contributed by atoms with van der Waals surface area (Å²) in [6.07, 6.45) is 3.49. The van der Waals surface area contributed by atoms with Crippen molar-refractivity contribution in [3.63, 3.8) is 0 Å². The Balaban J connectivity index is 1.88. The summed E-state index contributed by atoms with van der Waals surface area (Å²) >= 11 is 0. The zero-order chi connectivity index (χ0) is 30.7. The van der Waals surface area contributed by atoms with Crippen LogP contribution in [0.25, 0.3) is 0 Å². The second kappa shape index (κ2) is 15.5. The van der Waals surface area contributed by atoms with Crippen LogP contribution >= 0.6 is 0 Å². The summed E-state index contributed by atoms with van der Waals surface area (Å²) in [5, 5.41) is 2.98. The summed E-state index contributed by atoms with van der Waals surface area (Å²) in [5.74, 6) is -0.918. The van der Waals surface area contributed by atoms with Crippen molar-refractivity contribution < 1.29 is 22.4 Å². The molecule has 0 saturated heterocycles. The van der Waals surface area contributed by atoms with Crippen LogP contribution in [0.1, 0.15) is 54.9 Å². The summed E-state index contributed by atoms with van der Waals surface area (Å²) in [7, 11) is -3.60. The van der Waals surface area contributed by atoms with Gasteiger partial charge in [-0.1, -0.05) is 67.9 Å². The minimum absolute atomic E-state index is 0.0333. The summed E-state index contributed by atoms with van der Waals surface area (Å²) in [5.41, 5.74) is 4.02. The SMILES string of the molecule is CCCCNC(=O)[C@@H](Cc1ccccc1)N(Cc1ccc(F)cc1)C(=O)CCCN(c1cccc(C)c1C)S(C)(=O)=O. The summed E-state index contributed by atoms with van der Waals surface area (Å²) in [4.78, 5) is 28.9. The molecule has 1 N–H and O–H groups in total. The van der Waals surface area contributed by atoms with Gasteiger partial charge >= 0.3 is 0 Å². The predicted octanol–water partition coefficient (Wildman–Crippen LogP) is 5.55. The standard InChI is InChI=1S/C33H42FN3O4S/c1-5-6-21-35-33(39)31(23-27-13-8-7-9-14-27)36(24-28-17-19-29(34)20-18-28)32(38)16-11-22-37(42(4,40)41)30-15-10-12-25(2)26(30)3/h7-10,12-15,17-20,31H,5-6,11,16,21-24H2,1-4H3,(H,35,39)/t31-/m1/s1. The summed E-state index contributed by atoms with van der Waals surface area (Å²) in [6, 6.07) is 20.1. The first-order valence-electron chi connectivity index (χ1n) is 14.4. The van der Waals surface area contributed by atoms with Crippen molar-refractivity contribution in [2.24, 2.45) is 0 Å². The average Bonchev–Trinajstić information content (AvgIpc) is 2.95. The van der Waals surface area contributed by atoms with Crippen molar-refractivity contribution in [1.82, 2.24) is 10.2 Å². The fourth-order valence-electron chi connectivity index (χ4n) is 4.83. The first-order chi connectivity index (χ1) is 20.0. The Bertz CT molecular complexity index is 1430. The number of unbranched alkanes of at least 4 members (excludes halogenated alkanes) is 1.